The summed E-state index contributed by atoms with van der Waals surface area (Å²) in [6, 6.07) is 16.3. The number of carbonyl (C=O) groups excluding carboxylic acids is 2. The molecule has 27 heavy (non-hydrogen) atoms. The summed E-state index contributed by atoms with van der Waals surface area (Å²) in [5.41, 5.74) is 0.618. The van der Waals surface area contributed by atoms with Crippen LogP contribution < -0.4 is 9.47 Å². The highest BCUT2D eigenvalue weighted by Crippen LogP contribution is 2.23. The molecular formula is C22H25NO4. The predicted octanol–water partition coefficient (Wildman–Crippen LogP) is 3.73. The molecule has 1 saturated heterocycles. The van der Waals surface area contributed by atoms with Crippen LogP contribution in [0.25, 0.3) is 0 Å². The Balaban J connectivity index is 1.51. The van der Waals surface area contributed by atoms with Crippen molar-refractivity contribution in [2.75, 3.05) is 20.3 Å². The quantitative estimate of drug-likeness (QED) is 0.527. The Hall–Kier alpha value is -2.82. The van der Waals surface area contributed by atoms with Gasteiger partial charge in [0.25, 0.3) is 0 Å². The van der Waals surface area contributed by atoms with Crippen LogP contribution in [0.2, 0.25) is 0 Å². The van der Waals surface area contributed by atoms with Crippen LogP contribution in [0.1, 0.15) is 36.0 Å². The first-order chi connectivity index (χ1) is 13.2. The average molecular weight is 367 g/mol. The van der Waals surface area contributed by atoms with Crippen molar-refractivity contribution < 1.29 is 19.1 Å². The molecule has 0 bridgehead atoms. The zero-order chi connectivity index (χ0) is 19.1. The fourth-order valence-electron chi connectivity index (χ4n) is 3.36. The van der Waals surface area contributed by atoms with Crippen LogP contribution in [0, 0.1) is 0 Å². The number of hydrogen-bond donors (Lipinski definition) is 0. The Morgan fingerprint density at radius 3 is 2.48 bits per heavy atom. The Morgan fingerprint density at radius 2 is 1.78 bits per heavy atom. The molecule has 0 aromatic heterocycles. The Morgan fingerprint density at radius 1 is 1.04 bits per heavy atom. The predicted molar refractivity (Wildman–Crippen MR) is 103 cm³/mol. The Bertz CT molecular complexity index is 758. The molecule has 0 saturated carbocycles. The third kappa shape index (κ3) is 4.88. The maximum Gasteiger partial charge on any atom is 0.223 e. The number of benzene rings is 2. The Kier molecular flexibility index (Phi) is 6.47. The molecule has 0 radical (unpaired) electrons. The minimum Gasteiger partial charge on any atom is -0.497 e. The van der Waals surface area contributed by atoms with Gasteiger partial charge < -0.3 is 14.4 Å². The summed E-state index contributed by atoms with van der Waals surface area (Å²) in [4.78, 5) is 27.1. The molecule has 1 heterocycles. The lowest BCUT2D eigenvalue weighted by atomic mass is 10.0. The molecule has 1 aliphatic rings. The van der Waals surface area contributed by atoms with Gasteiger partial charge in [-0.25, -0.2) is 0 Å². The van der Waals surface area contributed by atoms with E-state index in [2.05, 4.69) is 0 Å². The first-order valence-corrected chi connectivity index (χ1v) is 9.34. The molecule has 5 nitrogen and oxygen atoms in total. The summed E-state index contributed by atoms with van der Waals surface area (Å²) in [7, 11) is 1.59. The van der Waals surface area contributed by atoms with Gasteiger partial charge in [-0.15, -0.1) is 0 Å². The number of rotatable bonds is 8. The van der Waals surface area contributed by atoms with Crippen molar-refractivity contribution in [3.8, 4) is 11.5 Å². The molecule has 1 atom stereocenters. The molecule has 0 spiro atoms. The molecular weight excluding hydrogens is 342 g/mol. The van der Waals surface area contributed by atoms with Gasteiger partial charge in [-0.1, -0.05) is 18.2 Å². The van der Waals surface area contributed by atoms with Gasteiger partial charge in [0, 0.05) is 18.5 Å². The second-order valence-corrected chi connectivity index (χ2v) is 6.60. The summed E-state index contributed by atoms with van der Waals surface area (Å²) in [6.07, 6.45) is 2.60. The summed E-state index contributed by atoms with van der Waals surface area (Å²) in [5.74, 6) is 1.54. The highest BCUT2D eigenvalue weighted by Gasteiger charge is 2.34. The van der Waals surface area contributed by atoms with Crippen molar-refractivity contribution in [3.05, 3.63) is 60.2 Å². The minimum atomic E-state index is -0.360. The molecule has 1 amide bonds. The number of ether oxygens (including phenoxy) is 2. The minimum absolute atomic E-state index is 0.00374. The van der Waals surface area contributed by atoms with E-state index in [1.807, 2.05) is 30.3 Å². The molecule has 3 rings (SSSR count). The maximum absolute atomic E-state index is 12.8. The van der Waals surface area contributed by atoms with Crippen molar-refractivity contribution in [2.24, 2.45) is 0 Å². The lowest BCUT2D eigenvalue weighted by molar-refractivity contribution is -0.131. The van der Waals surface area contributed by atoms with Crippen LogP contribution in [0.5, 0.6) is 11.5 Å². The number of nitrogens with zero attached hydrogens (tertiary/aromatic N) is 1. The summed E-state index contributed by atoms with van der Waals surface area (Å²) < 4.78 is 10.8. The first kappa shape index (κ1) is 19.0. The third-order valence-corrected chi connectivity index (χ3v) is 4.80. The van der Waals surface area contributed by atoms with Gasteiger partial charge in [-0.2, -0.15) is 0 Å². The van der Waals surface area contributed by atoms with Crippen LogP contribution in [0.3, 0.4) is 0 Å². The van der Waals surface area contributed by atoms with E-state index in [4.69, 9.17) is 9.47 Å². The van der Waals surface area contributed by atoms with Crippen molar-refractivity contribution in [3.63, 3.8) is 0 Å². The summed E-state index contributed by atoms with van der Waals surface area (Å²) >= 11 is 0. The van der Waals surface area contributed by atoms with E-state index in [-0.39, 0.29) is 17.7 Å². The van der Waals surface area contributed by atoms with Crippen LogP contribution in [0.15, 0.2) is 54.6 Å². The lowest BCUT2D eigenvalue weighted by Gasteiger charge is -2.24. The zero-order valence-corrected chi connectivity index (χ0v) is 15.6. The number of ketones is 1. The van der Waals surface area contributed by atoms with Gasteiger partial charge in [-0.3, -0.25) is 9.59 Å². The maximum atomic E-state index is 12.8. The SMILES string of the molecule is COc1ccc(C(=O)C2CCCN2C(=O)CCCOc2ccccc2)cc1. The van der Waals surface area contributed by atoms with Crippen molar-refractivity contribution in [1.82, 2.24) is 4.90 Å². The van der Waals surface area contributed by atoms with E-state index < -0.39 is 0 Å². The molecule has 1 unspecified atom stereocenters. The molecule has 5 heteroatoms. The smallest absolute Gasteiger partial charge is 0.223 e. The average Bonchev–Trinajstić information content (AvgIpc) is 3.21. The van der Waals surface area contributed by atoms with E-state index in [1.165, 1.54) is 0 Å². The number of Topliss-reactive ketones (excluding diaryl/α,β-unsaturated/α-hetero) is 1. The topological polar surface area (TPSA) is 55.8 Å². The molecule has 0 N–H and O–H groups in total. The second kappa shape index (κ2) is 9.21. The van der Waals surface area contributed by atoms with Gasteiger partial charge in [0.15, 0.2) is 5.78 Å². The fraction of sp³-hybridized carbons (Fsp3) is 0.364. The summed E-state index contributed by atoms with van der Waals surface area (Å²) in [5, 5.41) is 0. The first-order valence-electron chi connectivity index (χ1n) is 9.34. The van der Waals surface area contributed by atoms with Crippen LogP contribution in [-0.4, -0.2) is 42.9 Å². The number of amides is 1. The van der Waals surface area contributed by atoms with Crippen LogP contribution in [0.4, 0.5) is 0 Å². The van der Waals surface area contributed by atoms with Crippen molar-refractivity contribution in [2.45, 2.75) is 31.7 Å². The molecule has 1 aliphatic heterocycles. The van der Waals surface area contributed by atoms with Crippen molar-refractivity contribution in [1.29, 1.82) is 0 Å². The number of para-hydroxylation sites is 1. The van der Waals surface area contributed by atoms with Crippen LogP contribution >= 0.6 is 0 Å². The van der Waals surface area contributed by atoms with Gasteiger partial charge in [0.1, 0.15) is 11.5 Å². The highest BCUT2D eigenvalue weighted by atomic mass is 16.5. The van der Waals surface area contributed by atoms with E-state index in [0.717, 1.165) is 18.6 Å². The van der Waals surface area contributed by atoms with E-state index in [1.54, 1.807) is 36.3 Å². The molecule has 0 aliphatic carbocycles. The number of likely N-dealkylation sites (tertiary alicyclic amines) is 1. The van der Waals surface area contributed by atoms with Gasteiger partial charge >= 0.3 is 0 Å². The number of carbonyl (C=O) groups is 2. The van der Waals surface area contributed by atoms with E-state index in [9.17, 15) is 9.59 Å². The molecule has 1 fully saturated rings. The second-order valence-electron chi connectivity index (χ2n) is 6.60. The zero-order valence-electron chi connectivity index (χ0n) is 15.6. The Labute approximate surface area is 159 Å². The van der Waals surface area contributed by atoms with Crippen LogP contribution in [-0.2, 0) is 4.79 Å². The van der Waals surface area contributed by atoms with Crippen molar-refractivity contribution >= 4 is 11.7 Å². The normalized spacial score (nSPS) is 16.2. The molecule has 2 aromatic carbocycles. The van der Waals surface area contributed by atoms with E-state index in [0.29, 0.717) is 37.3 Å². The lowest BCUT2D eigenvalue weighted by Crippen LogP contribution is -2.40. The molecule has 142 valence electrons. The third-order valence-electron chi connectivity index (χ3n) is 4.80. The van der Waals surface area contributed by atoms with Gasteiger partial charge in [-0.05, 0) is 55.7 Å². The van der Waals surface area contributed by atoms with Gasteiger partial charge in [0.2, 0.25) is 5.91 Å². The largest absolute Gasteiger partial charge is 0.497 e. The fourth-order valence-corrected chi connectivity index (χ4v) is 3.36. The number of methoxy groups -OCH3 is 1. The number of hydrogen-bond acceptors (Lipinski definition) is 4. The van der Waals surface area contributed by atoms with Gasteiger partial charge in [0.05, 0.1) is 19.8 Å². The van der Waals surface area contributed by atoms with E-state index >= 15 is 0 Å². The molecule has 2 aromatic rings. The monoisotopic (exact) mass is 367 g/mol. The standard InChI is InChI=1S/C22H25NO4/c1-26-18-13-11-17(12-14-18)22(25)20-9-5-15-23(20)21(24)10-6-16-27-19-7-3-2-4-8-19/h2-4,7-8,11-14,20H,5-6,9-10,15-16H2,1H3. The summed E-state index contributed by atoms with van der Waals surface area (Å²) in [6.45, 7) is 1.13. The highest BCUT2D eigenvalue weighted by molar-refractivity contribution is 6.02.